The number of ether oxygens (including phenoxy) is 1. The van der Waals surface area contributed by atoms with Crippen molar-refractivity contribution < 1.29 is 28.7 Å². The Morgan fingerprint density at radius 3 is 2.34 bits per heavy atom. The molecule has 0 bridgehead atoms. The Hall–Kier alpha value is -3.43. The second-order valence-corrected chi connectivity index (χ2v) is 6.55. The summed E-state index contributed by atoms with van der Waals surface area (Å²) in [6.07, 6.45) is -0.500. The Labute approximate surface area is 167 Å². The molecule has 0 aromatic heterocycles. The van der Waals surface area contributed by atoms with Crippen LogP contribution in [0.3, 0.4) is 0 Å². The summed E-state index contributed by atoms with van der Waals surface area (Å²) in [5.74, 6) is -3.23. The van der Waals surface area contributed by atoms with E-state index in [4.69, 9.17) is 10.5 Å². The third-order valence-electron chi connectivity index (χ3n) is 4.29. The highest BCUT2D eigenvalue weighted by atomic mass is 16.5. The van der Waals surface area contributed by atoms with Crippen LogP contribution in [-0.4, -0.2) is 54.3 Å². The largest absolute Gasteiger partial charge is 0.466 e. The van der Waals surface area contributed by atoms with Gasteiger partial charge in [0.25, 0.3) is 0 Å². The monoisotopic (exact) mass is 404 g/mol. The van der Waals surface area contributed by atoms with E-state index in [9.17, 15) is 24.0 Å². The molecule has 1 aliphatic rings. The summed E-state index contributed by atoms with van der Waals surface area (Å²) in [6, 6.07) is 6.08. The SMILES string of the molecule is CCOC(=O)C[C@@H](NC(=O)C[C@@H]1NC(=O)[C@H](Cc2ccccc2)NC1=O)C(N)=O. The lowest BCUT2D eigenvalue weighted by atomic mass is 10.0. The number of hydrogen-bond donors (Lipinski definition) is 4. The van der Waals surface area contributed by atoms with Crippen LogP contribution in [0, 0.1) is 0 Å². The van der Waals surface area contributed by atoms with Gasteiger partial charge in [-0.25, -0.2) is 0 Å². The zero-order chi connectivity index (χ0) is 21.4. The van der Waals surface area contributed by atoms with Gasteiger partial charge in [0.2, 0.25) is 23.6 Å². The fourth-order valence-corrected chi connectivity index (χ4v) is 2.86. The Bertz CT molecular complexity index is 782. The van der Waals surface area contributed by atoms with Crippen molar-refractivity contribution in [2.75, 3.05) is 6.61 Å². The van der Waals surface area contributed by atoms with Crippen molar-refractivity contribution in [3.63, 3.8) is 0 Å². The van der Waals surface area contributed by atoms with E-state index in [0.29, 0.717) is 6.42 Å². The van der Waals surface area contributed by atoms with Gasteiger partial charge in [-0.15, -0.1) is 0 Å². The van der Waals surface area contributed by atoms with Gasteiger partial charge in [0, 0.05) is 6.42 Å². The van der Waals surface area contributed by atoms with Gasteiger partial charge in [-0.1, -0.05) is 30.3 Å². The summed E-state index contributed by atoms with van der Waals surface area (Å²) in [5.41, 5.74) is 6.07. The minimum Gasteiger partial charge on any atom is -0.466 e. The Morgan fingerprint density at radius 2 is 1.72 bits per heavy atom. The molecule has 1 fully saturated rings. The first-order chi connectivity index (χ1) is 13.8. The van der Waals surface area contributed by atoms with Gasteiger partial charge in [0.05, 0.1) is 19.4 Å². The van der Waals surface area contributed by atoms with Gasteiger partial charge < -0.3 is 26.4 Å². The first kappa shape index (κ1) is 21.9. The van der Waals surface area contributed by atoms with Crippen LogP contribution in [0.1, 0.15) is 25.3 Å². The molecule has 0 saturated carbocycles. The normalized spacial score (nSPS) is 19.5. The van der Waals surface area contributed by atoms with E-state index >= 15 is 0 Å². The molecule has 0 aliphatic carbocycles. The number of esters is 1. The maximum absolute atomic E-state index is 12.3. The molecule has 3 atom stereocenters. The molecule has 10 nitrogen and oxygen atoms in total. The van der Waals surface area contributed by atoms with Crippen molar-refractivity contribution in [3.05, 3.63) is 35.9 Å². The lowest BCUT2D eigenvalue weighted by Gasteiger charge is -2.29. The van der Waals surface area contributed by atoms with Crippen molar-refractivity contribution in [2.24, 2.45) is 5.73 Å². The average Bonchev–Trinajstić information content (AvgIpc) is 2.66. The van der Waals surface area contributed by atoms with Crippen LogP contribution < -0.4 is 21.7 Å². The predicted octanol–water partition coefficient (Wildman–Crippen LogP) is -1.47. The number of primary amides is 1. The number of rotatable bonds is 9. The quantitative estimate of drug-likeness (QED) is 0.368. The molecule has 10 heteroatoms. The molecule has 2 rings (SSSR count). The second kappa shape index (κ2) is 10.2. The topological polar surface area (TPSA) is 157 Å². The number of piperazine rings is 1. The van der Waals surface area contributed by atoms with Crippen molar-refractivity contribution in [3.8, 4) is 0 Å². The maximum atomic E-state index is 12.3. The van der Waals surface area contributed by atoms with Crippen LogP contribution >= 0.6 is 0 Å². The lowest BCUT2D eigenvalue weighted by molar-refractivity contribution is -0.145. The number of nitrogens with two attached hydrogens (primary N) is 1. The third kappa shape index (κ3) is 6.59. The summed E-state index contributed by atoms with van der Waals surface area (Å²) >= 11 is 0. The molecule has 1 saturated heterocycles. The Morgan fingerprint density at radius 1 is 1.10 bits per heavy atom. The average molecular weight is 404 g/mol. The summed E-state index contributed by atoms with van der Waals surface area (Å²) < 4.78 is 4.73. The molecule has 0 spiro atoms. The number of nitrogens with one attached hydrogen (secondary N) is 3. The lowest BCUT2D eigenvalue weighted by Crippen LogP contribution is -2.63. The molecule has 1 aromatic rings. The number of amides is 4. The Balaban J connectivity index is 1.90. The van der Waals surface area contributed by atoms with E-state index in [1.807, 2.05) is 30.3 Å². The van der Waals surface area contributed by atoms with Crippen molar-refractivity contribution >= 4 is 29.6 Å². The van der Waals surface area contributed by atoms with Crippen LogP contribution in [0.15, 0.2) is 30.3 Å². The fourth-order valence-electron chi connectivity index (χ4n) is 2.86. The van der Waals surface area contributed by atoms with E-state index in [1.54, 1.807) is 6.92 Å². The third-order valence-corrected chi connectivity index (χ3v) is 4.29. The summed E-state index contributed by atoms with van der Waals surface area (Å²) in [4.78, 5) is 59.7. The highest BCUT2D eigenvalue weighted by Crippen LogP contribution is 2.09. The molecule has 5 N–H and O–H groups in total. The molecular formula is C19H24N4O6. The summed E-state index contributed by atoms with van der Waals surface area (Å²) in [6.45, 7) is 1.72. The molecule has 1 heterocycles. The molecule has 4 amide bonds. The predicted molar refractivity (Wildman–Crippen MR) is 101 cm³/mol. The van der Waals surface area contributed by atoms with E-state index in [2.05, 4.69) is 16.0 Å². The molecule has 29 heavy (non-hydrogen) atoms. The second-order valence-electron chi connectivity index (χ2n) is 6.55. The molecular weight excluding hydrogens is 380 g/mol. The van der Waals surface area contributed by atoms with Crippen LogP contribution in [0.4, 0.5) is 0 Å². The van der Waals surface area contributed by atoms with E-state index in [0.717, 1.165) is 5.56 Å². The molecule has 156 valence electrons. The van der Waals surface area contributed by atoms with Gasteiger partial charge in [0.15, 0.2) is 0 Å². The first-order valence-electron chi connectivity index (χ1n) is 9.19. The van der Waals surface area contributed by atoms with Gasteiger partial charge in [-0.05, 0) is 12.5 Å². The van der Waals surface area contributed by atoms with Crippen molar-refractivity contribution in [2.45, 2.75) is 44.3 Å². The van der Waals surface area contributed by atoms with E-state index < -0.39 is 60.6 Å². The minimum absolute atomic E-state index is 0.122. The van der Waals surface area contributed by atoms with E-state index in [1.165, 1.54) is 0 Å². The smallest absolute Gasteiger partial charge is 0.308 e. The van der Waals surface area contributed by atoms with Crippen LogP contribution in [-0.2, 0) is 35.1 Å². The number of hydrogen-bond acceptors (Lipinski definition) is 6. The maximum Gasteiger partial charge on any atom is 0.308 e. The molecule has 0 radical (unpaired) electrons. The van der Waals surface area contributed by atoms with Gasteiger partial charge in [-0.3, -0.25) is 24.0 Å². The highest BCUT2D eigenvalue weighted by molar-refractivity contribution is 5.99. The summed E-state index contributed by atoms with van der Waals surface area (Å²) in [7, 11) is 0. The summed E-state index contributed by atoms with van der Waals surface area (Å²) in [5, 5.41) is 7.40. The molecule has 0 unspecified atom stereocenters. The molecule has 1 aliphatic heterocycles. The van der Waals surface area contributed by atoms with Crippen LogP contribution in [0.25, 0.3) is 0 Å². The zero-order valence-corrected chi connectivity index (χ0v) is 16.0. The van der Waals surface area contributed by atoms with Gasteiger partial charge >= 0.3 is 5.97 Å². The van der Waals surface area contributed by atoms with Crippen LogP contribution in [0.2, 0.25) is 0 Å². The van der Waals surface area contributed by atoms with Crippen LogP contribution in [0.5, 0.6) is 0 Å². The van der Waals surface area contributed by atoms with E-state index in [-0.39, 0.29) is 6.61 Å². The molecule has 1 aromatic carbocycles. The fraction of sp³-hybridized carbons (Fsp3) is 0.421. The first-order valence-corrected chi connectivity index (χ1v) is 9.19. The number of benzene rings is 1. The minimum atomic E-state index is -1.27. The van der Waals surface area contributed by atoms with Gasteiger partial charge in [-0.2, -0.15) is 0 Å². The number of carbonyl (C=O) groups is 5. The zero-order valence-electron chi connectivity index (χ0n) is 16.0. The highest BCUT2D eigenvalue weighted by Gasteiger charge is 2.35. The van der Waals surface area contributed by atoms with Crippen molar-refractivity contribution in [1.29, 1.82) is 0 Å². The standard InChI is InChI=1S/C19H24N4O6/c1-2-29-16(25)10-12(17(20)26)21-15(24)9-14-19(28)22-13(18(27)23-14)8-11-6-4-3-5-7-11/h3-7,12-14H,2,8-10H2,1H3,(H2,20,26)(H,21,24)(H,22,28)(H,23,27)/t12-,13+,14+/m1/s1. The van der Waals surface area contributed by atoms with Gasteiger partial charge in [0.1, 0.15) is 18.1 Å². The number of carbonyl (C=O) groups excluding carboxylic acids is 5. The van der Waals surface area contributed by atoms with Crippen molar-refractivity contribution in [1.82, 2.24) is 16.0 Å². The Kier molecular flexibility index (Phi) is 7.70.